The highest BCUT2D eigenvalue weighted by atomic mass is 32.2. The molecule has 1 aliphatic rings. The summed E-state index contributed by atoms with van der Waals surface area (Å²) in [6, 6.07) is 9.06. The van der Waals surface area contributed by atoms with E-state index in [0.717, 1.165) is 29.5 Å². The van der Waals surface area contributed by atoms with Crippen molar-refractivity contribution in [1.29, 1.82) is 0 Å². The first-order valence-electron chi connectivity index (χ1n) is 8.25. The Morgan fingerprint density at radius 3 is 2.58 bits per heavy atom. The van der Waals surface area contributed by atoms with Crippen LogP contribution in [-0.4, -0.2) is 20.7 Å². The normalized spacial score (nSPS) is 16.8. The fraction of sp³-hybridized carbons (Fsp3) is 0.389. The van der Waals surface area contributed by atoms with Gasteiger partial charge in [0.25, 0.3) is 0 Å². The standard InChI is InChI=1S/C18H22N2O3S/c1-3-6-12(21)11-20-15(4-2)13-7-5-8-14-17(24(19,22)23)10-9-16(20)18(13)14/h5,7-10,15H,3-4,6,11H2,1-2H3,(H2,19,22,23). The molecule has 0 aliphatic carbocycles. The number of Topliss-reactive ketones (excluding diaryl/α,β-unsaturated/α-hetero) is 1. The number of hydrogen-bond acceptors (Lipinski definition) is 4. The lowest BCUT2D eigenvalue weighted by Gasteiger charge is -2.27. The molecular formula is C18H22N2O3S. The van der Waals surface area contributed by atoms with E-state index in [4.69, 9.17) is 5.14 Å². The number of carbonyl (C=O) groups excluding carboxylic acids is 1. The fourth-order valence-corrected chi connectivity index (χ4v) is 4.41. The lowest BCUT2D eigenvalue weighted by atomic mass is 10.0. The molecule has 1 unspecified atom stereocenters. The molecule has 0 spiro atoms. The van der Waals surface area contributed by atoms with Crippen LogP contribution in [-0.2, 0) is 14.8 Å². The third kappa shape index (κ3) is 2.70. The quantitative estimate of drug-likeness (QED) is 0.871. The van der Waals surface area contributed by atoms with E-state index in [9.17, 15) is 13.2 Å². The Kier molecular flexibility index (Phi) is 4.36. The van der Waals surface area contributed by atoms with E-state index >= 15 is 0 Å². The number of hydrogen-bond donors (Lipinski definition) is 1. The van der Waals surface area contributed by atoms with Crippen molar-refractivity contribution in [2.45, 2.75) is 44.0 Å². The van der Waals surface area contributed by atoms with Gasteiger partial charge in [0.1, 0.15) is 0 Å². The third-order valence-corrected chi connectivity index (χ3v) is 5.59. The zero-order chi connectivity index (χ0) is 17.5. The Morgan fingerprint density at radius 2 is 1.96 bits per heavy atom. The average molecular weight is 346 g/mol. The molecule has 5 nitrogen and oxygen atoms in total. The number of rotatable bonds is 6. The minimum atomic E-state index is -3.79. The third-order valence-electron chi connectivity index (χ3n) is 4.62. The second kappa shape index (κ2) is 6.18. The summed E-state index contributed by atoms with van der Waals surface area (Å²) in [5.41, 5.74) is 1.99. The van der Waals surface area contributed by atoms with Gasteiger partial charge in [-0.3, -0.25) is 4.79 Å². The number of ketones is 1. The van der Waals surface area contributed by atoms with Crippen LogP contribution in [0.5, 0.6) is 0 Å². The summed E-state index contributed by atoms with van der Waals surface area (Å²) in [5, 5.41) is 6.91. The van der Waals surface area contributed by atoms with Crippen LogP contribution in [0, 0.1) is 0 Å². The van der Waals surface area contributed by atoms with E-state index in [1.165, 1.54) is 0 Å². The van der Waals surface area contributed by atoms with Crippen LogP contribution in [0.3, 0.4) is 0 Å². The van der Waals surface area contributed by atoms with Crippen molar-refractivity contribution in [3.05, 3.63) is 35.9 Å². The summed E-state index contributed by atoms with van der Waals surface area (Å²) in [4.78, 5) is 14.4. The van der Waals surface area contributed by atoms with E-state index in [2.05, 4.69) is 11.8 Å². The van der Waals surface area contributed by atoms with Gasteiger partial charge < -0.3 is 4.90 Å². The first-order chi connectivity index (χ1) is 11.4. The van der Waals surface area contributed by atoms with Gasteiger partial charge in [-0.15, -0.1) is 0 Å². The highest BCUT2D eigenvalue weighted by molar-refractivity contribution is 7.89. The maximum absolute atomic E-state index is 12.2. The molecular weight excluding hydrogens is 324 g/mol. The molecule has 2 aromatic rings. The minimum Gasteiger partial charge on any atom is -0.357 e. The van der Waals surface area contributed by atoms with Crippen molar-refractivity contribution < 1.29 is 13.2 Å². The lowest BCUT2D eigenvalue weighted by Crippen LogP contribution is -2.30. The Hall–Kier alpha value is -1.92. The van der Waals surface area contributed by atoms with E-state index in [-0.39, 0.29) is 16.7 Å². The highest BCUT2D eigenvalue weighted by Gasteiger charge is 2.32. The van der Waals surface area contributed by atoms with Crippen molar-refractivity contribution in [2.24, 2.45) is 5.14 Å². The molecule has 0 saturated carbocycles. The van der Waals surface area contributed by atoms with Gasteiger partial charge in [-0.2, -0.15) is 0 Å². The molecule has 1 heterocycles. The number of benzene rings is 2. The van der Waals surface area contributed by atoms with Crippen molar-refractivity contribution in [1.82, 2.24) is 0 Å². The molecule has 1 aliphatic heterocycles. The summed E-state index contributed by atoms with van der Waals surface area (Å²) in [5.74, 6) is 0.201. The van der Waals surface area contributed by atoms with E-state index < -0.39 is 10.0 Å². The first kappa shape index (κ1) is 16.9. The molecule has 6 heteroatoms. The summed E-state index contributed by atoms with van der Waals surface area (Å²) in [6.07, 6.45) is 2.23. The number of anilines is 1. The average Bonchev–Trinajstić information content (AvgIpc) is 2.82. The maximum atomic E-state index is 12.2. The van der Waals surface area contributed by atoms with Gasteiger partial charge in [0.05, 0.1) is 17.5 Å². The largest absolute Gasteiger partial charge is 0.357 e. The molecule has 2 aromatic carbocycles. The summed E-state index contributed by atoms with van der Waals surface area (Å²) in [6.45, 7) is 4.42. The number of nitrogens with two attached hydrogens (primary N) is 1. The Balaban J connectivity index is 2.19. The van der Waals surface area contributed by atoms with Crippen LogP contribution in [0.1, 0.15) is 44.7 Å². The Morgan fingerprint density at radius 1 is 1.21 bits per heavy atom. The molecule has 0 saturated heterocycles. The Labute approximate surface area is 142 Å². The topological polar surface area (TPSA) is 80.5 Å². The number of primary sulfonamides is 1. The van der Waals surface area contributed by atoms with Crippen LogP contribution >= 0.6 is 0 Å². The van der Waals surface area contributed by atoms with Gasteiger partial charge in [-0.1, -0.05) is 32.0 Å². The van der Waals surface area contributed by atoms with Crippen LogP contribution in [0.4, 0.5) is 5.69 Å². The number of carbonyl (C=O) groups is 1. The van der Waals surface area contributed by atoms with Crippen LogP contribution in [0.15, 0.2) is 35.2 Å². The summed E-state index contributed by atoms with van der Waals surface area (Å²) in [7, 11) is -3.79. The summed E-state index contributed by atoms with van der Waals surface area (Å²) >= 11 is 0. The fourth-order valence-electron chi connectivity index (χ4n) is 3.67. The second-order valence-corrected chi connectivity index (χ2v) is 7.77. The predicted octanol–water partition coefficient (Wildman–Crippen LogP) is 3.13. The number of nitrogens with zero attached hydrogens (tertiary/aromatic N) is 1. The van der Waals surface area contributed by atoms with Crippen molar-refractivity contribution >= 4 is 32.3 Å². The molecule has 2 N–H and O–H groups in total. The van der Waals surface area contributed by atoms with Gasteiger partial charge in [-0.05, 0) is 30.5 Å². The van der Waals surface area contributed by atoms with E-state index in [0.29, 0.717) is 18.4 Å². The molecule has 0 amide bonds. The van der Waals surface area contributed by atoms with Crippen molar-refractivity contribution in [3.8, 4) is 0 Å². The molecule has 0 radical (unpaired) electrons. The van der Waals surface area contributed by atoms with E-state index in [1.54, 1.807) is 18.2 Å². The monoisotopic (exact) mass is 346 g/mol. The maximum Gasteiger partial charge on any atom is 0.238 e. The smallest absolute Gasteiger partial charge is 0.238 e. The van der Waals surface area contributed by atoms with Crippen LogP contribution < -0.4 is 10.0 Å². The van der Waals surface area contributed by atoms with Crippen molar-refractivity contribution in [3.63, 3.8) is 0 Å². The van der Waals surface area contributed by atoms with Gasteiger partial charge in [0, 0.05) is 22.9 Å². The van der Waals surface area contributed by atoms with Gasteiger partial charge >= 0.3 is 0 Å². The summed E-state index contributed by atoms with van der Waals surface area (Å²) < 4.78 is 23.8. The molecule has 0 bridgehead atoms. The SMILES string of the molecule is CCCC(=O)CN1c2ccc(S(N)(=O)=O)c3cccc(c23)C1CC. The van der Waals surface area contributed by atoms with Gasteiger partial charge in [-0.25, -0.2) is 13.6 Å². The van der Waals surface area contributed by atoms with Crippen molar-refractivity contribution in [2.75, 3.05) is 11.4 Å². The van der Waals surface area contributed by atoms with Gasteiger partial charge in [0.2, 0.25) is 10.0 Å². The molecule has 1 atom stereocenters. The molecule has 0 fully saturated rings. The molecule has 128 valence electrons. The molecule has 24 heavy (non-hydrogen) atoms. The zero-order valence-electron chi connectivity index (χ0n) is 14.0. The lowest BCUT2D eigenvalue weighted by molar-refractivity contribution is -0.117. The van der Waals surface area contributed by atoms with E-state index in [1.807, 2.05) is 19.1 Å². The predicted molar refractivity (Wildman–Crippen MR) is 95.6 cm³/mol. The van der Waals surface area contributed by atoms with Crippen LogP contribution in [0.25, 0.3) is 10.8 Å². The second-order valence-electron chi connectivity index (χ2n) is 6.24. The molecule has 3 rings (SSSR count). The minimum absolute atomic E-state index is 0.0836. The van der Waals surface area contributed by atoms with Gasteiger partial charge in [0.15, 0.2) is 5.78 Å². The Bertz CT molecular complexity index is 906. The zero-order valence-corrected chi connectivity index (χ0v) is 14.8. The number of sulfonamides is 1. The molecule has 0 aromatic heterocycles. The first-order valence-corrected chi connectivity index (χ1v) is 9.79. The highest BCUT2D eigenvalue weighted by Crippen LogP contribution is 2.46. The van der Waals surface area contributed by atoms with Crippen LogP contribution in [0.2, 0.25) is 0 Å².